The van der Waals surface area contributed by atoms with Crippen LogP contribution in [0.25, 0.3) is 10.3 Å². The van der Waals surface area contributed by atoms with Crippen LogP contribution in [0.15, 0.2) is 0 Å². The standard InChI is InChI=1S/C12H16N6S/c1-6-9(7(2)16-15-6)5-13-12-14-11-10(19-12)8(3)17-18(11)4/h5H2,1-4H3,(H,13,14)(H,15,16). The van der Waals surface area contributed by atoms with Crippen LogP contribution in [0, 0.1) is 20.8 Å². The summed E-state index contributed by atoms with van der Waals surface area (Å²) < 4.78 is 2.96. The number of rotatable bonds is 3. The lowest BCUT2D eigenvalue weighted by Gasteiger charge is -2.02. The normalized spacial score (nSPS) is 11.4. The lowest BCUT2D eigenvalue weighted by molar-refractivity contribution is 0.774. The van der Waals surface area contributed by atoms with Gasteiger partial charge in [-0.15, -0.1) is 0 Å². The van der Waals surface area contributed by atoms with Gasteiger partial charge in [-0.2, -0.15) is 10.2 Å². The maximum atomic E-state index is 4.57. The van der Waals surface area contributed by atoms with E-state index in [4.69, 9.17) is 0 Å². The summed E-state index contributed by atoms with van der Waals surface area (Å²) in [7, 11) is 1.92. The second-order valence-corrected chi connectivity index (χ2v) is 5.65. The third-order valence-electron chi connectivity index (χ3n) is 3.24. The molecule has 0 aliphatic heterocycles. The summed E-state index contributed by atoms with van der Waals surface area (Å²) in [5, 5.41) is 15.8. The van der Waals surface area contributed by atoms with Crippen LogP contribution in [0.4, 0.5) is 5.13 Å². The summed E-state index contributed by atoms with van der Waals surface area (Å²) in [5.74, 6) is 0. The van der Waals surface area contributed by atoms with E-state index in [0.717, 1.165) is 39.1 Å². The summed E-state index contributed by atoms with van der Waals surface area (Å²) >= 11 is 1.64. The highest BCUT2D eigenvalue weighted by Crippen LogP contribution is 2.28. The third kappa shape index (κ3) is 1.99. The molecule has 3 rings (SSSR count). The van der Waals surface area contributed by atoms with Crippen molar-refractivity contribution < 1.29 is 0 Å². The summed E-state index contributed by atoms with van der Waals surface area (Å²) in [6.07, 6.45) is 0. The van der Waals surface area contributed by atoms with Gasteiger partial charge >= 0.3 is 0 Å². The van der Waals surface area contributed by atoms with E-state index in [0.29, 0.717) is 0 Å². The van der Waals surface area contributed by atoms with Crippen LogP contribution in [-0.4, -0.2) is 25.0 Å². The van der Waals surface area contributed by atoms with Gasteiger partial charge in [-0.3, -0.25) is 5.10 Å². The lowest BCUT2D eigenvalue weighted by Crippen LogP contribution is -2.01. The first-order chi connectivity index (χ1) is 9.06. The van der Waals surface area contributed by atoms with E-state index in [-0.39, 0.29) is 0 Å². The van der Waals surface area contributed by atoms with Gasteiger partial charge in [0.2, 0.25) is 0 Å². The van der Waals surface area contributed by atoms with Gasteiger partial charge in [0.25, 0.3) is 0 Å². The number of anilines is 1. The minimum Gasteiger partial charge on any atom is -0.357 e. The van der Waals surface area contributed by atoms with Crippen molar-refractivity contribution in [2.75, 3.05) is 5.32 Å². The maximum Gasteiger partial charge on any atom is 0.185 e. The molecule has 0 aliphatic carbocycles. The molecule has 7 heteroatoms. The van der Waals surface area contributed by atoms with Gasteiger partial charge in [-0.25, -0.2) is 9.67 Å². The van der Waals surface area contributed by atoms with E-state index < -0.39 is 0 Å². The lowest BCUT2D eigenvalue weighted by atomic mass is 10.2. The van der Waals surface area contributed by atoms with Crippen LogP contribution < -0.4 is 5.32 Å². The molecule has 0 radical (unpaired) electrons. The highest BCUT2D eigenvalue weighted by Gasteiger charge is 2.12. The number of nitrogens with one attached hydrogen (secondary N) is 2. The van der Waals surface area contributed by atoms with Gasteiger partial charge < -0.3 is 5.32 Å². The first-order valence-electron chi connectivity index (χ1n) is 6.10. The predicted octanol–water partition coefficient (Wildman–Crippen LogP) is 2.29. The molecule has 2 N–H and O–H groups in total. The molecule has 3 heterocycles. The fourth-order valence-corrected chi connectivity index (χ4v) is 3.09. The molecule has 0 saturated heterocycles. The van der Waals surface area contributed by atoms with E-state index >= 15 is 0 Å². The number of H-pyrrole nitrogens is 1. The van der Waals surface area contributed by atoms with Gasteiger partial charge in [0.05, 0.1) is 16.1 Å². The molecule has 0 aromatic carbocycles. The summed E-state index contributed by atoms with van der Waals surface area (Å²) in [6, 6.07) is 0. The number of hydrogen-bond donors (Lipinski definition) is 2. The van der Waals surface area contributed by atoms with Crippen LogP contribution in [0.2, 0.25) is 0 Å². The van der Waals surface area contributed by atoms with Gasteiger partial charge in [-0.05, 0) is 20.8 Å². The van der Waals surface area contributed by atoms with E-state index in [9.17, 15) is 0 Å². The van der Waals surface area contributed by atoms with Crippen molar-refractivity contribution in [3.63, 3.8) is 0 Å². The van der Waals surface area contributed by atoms with Crippen molar-refractivity contribution >= 4 is 26.8 Å². The Balaban J connectivity index is 1.84. The predicted molar refractivity (Wildman–Crippen MR) is 76.5 cm³/mol. The van der Waals surface area contributed by atoms with Crippen LogP contribution in [-0.2, 0) is 13.6 Å². The second kappa shape index (κ2) is 4.34. The van der Waals surface area contributed by atoms with Gasteiger partial charge in [0, 0.05) is 24.8 Å². The molecule has 0 atom stereocenters. The molecule has 0 fully saturated rings. The van der Waals surface area contributed by atoms with Crippen molar-refractivity contribution in [1.82, 2.24) is 25.0 Å². The molecule has 0 aliphatic rings. The van der Waals surface area contributed by atoms with Crippen molar-refractivity contribution in [2.45, 2.75) is 27.3 Å². The minimum atomic E-state index is 0.737. The fourth-order valence-electron chi connectivity index (χ4n) is 2.16. The molecule has 0 amide bonds. The number of fused-ring (bicyclic) bond motifs is 1. The molecule has 0 saturated carbocycles. The number of aromatic nitrogens is 5. The Morgan fingerprint density at radius 3 is 2.68 bits per heavy atom. The van der Waals surface area contributed by atoms with Crippen molar-refractivity contribution in [3.05, 3.63) is 22.6 Å². The Morgan fingerprint density at radius 1 is 1.26 bits per heavy atom. The molecule has 6 nitrogen and oxygen atoms in total. The number of thiazole rings is 1. The summed E-state index contributed by atoms with van der Waals surface area (Å²) in [4.78, 5) is 4.57. The zero-order chi connectivity index (χ0) is 13.6. The Labute approximate surface area is 114 Å². The van der Waals surface area contributed by atoms with Gasteiger partial charge in [0.1, 0.15) is 0 Å². The topological polar surface area (TPSA) is 71.4 Å². The molecular formula is C12H16N6S. The second-order valence-electron chi connectivity index (χ2n) is 4.65. The SMILES string of the molecule is Cc1n[nH]c(C)c1CNc1nc2c(s1)c(C)nn2C. The number of nitrogens with zero attached hydrogens (tertiary/aromatic N) is 4. The van der Waals surface area contributed by atoms with Crippen LogP contribution in [0.1, 0.15) is 22.6 Å². The zero-order valence-electron chi connectivity index (χ0n) is 11.4. The molecule has 3 aromatic rings. The Hall–Kier alpha value is -1.89. The largest absolute Gasteiger partial charge is 0.357 e. The highest BCUT2D eigenvalue weighted by atomic mass is 32.1. The quantitative estimate of drug-likeness (QED) is 0.770. The van der Waals surface area contributed by atoms with Crippen LogP contribution in [0.5, 0.6) is 0 Å². The summed E-state index contributed by atoms with van der Waals surface area (Å²) in [5.41, 5.74) is 5.30. The first-order valence-corrected chi connectivity index (χ1v) is 6.92. The smallest absolute Gasteiger partial charge is 0.185 e. The van der Waals surface area contributed by atoms with Gasteiger partial charge in [-0.1, -0.05) is 11.3 Å². The molecule has 0 spiro atoms. The number of aryl methyl sites for hydroxylation is 4. The average Bonchev–Trinajstić information content (AvgIpc) is 2.98. The van der Waals surface area contributed by atoms with E-state index in [1.807, 2.05) is 32.5 Å². The van der Waals surface area contributed by atoms with Crippen molar-refractivity contribution in [2.24, 2.45) is 7.05 Å². The fraction of sp³-hybridized carbons (Fsp3) is 0.417. The highest BCUT2D eigenvalue weighted by molar-refractivity contribution is 7.22. The molecule has 0 unspecified atom stereocenters. The van der Waals surface area contributed by atoms with Crippen LogP contribution >= 0.6 is 11.3 Å². The Morgan fingerprint density at radius 2 is 2.05 bits per heavy atom. The number of hydrogen-bond acceptors (Lipinski definition) is 5. The molecule has 3 aromatic heterocycles. The Bertz CT molecular complexity index is 681. The third-order valence-corrected chi connectivity index (χ3v) is 4.35. The molecule has 19 heavy (non-hydrogen) atoms. The van der Waals surface area contributed by atoms with E-state index in [1.54, 1.807) is 11.3 Å². The maximum absolute atomic E-state index is 4.57. The molecule has 100 valence electrons. The summed E-state index contributed by atoms with van der Waals surface area (Å²) in [6.45, 7) is 6.78. The average molecular weight is 276 g/mol. The Kier molecular flexibility index (Phi) is 2.78. The molecule has 0 bridgehead atoms. The molecular weight excluding hydrogens is 260 g/mol. The minimum absolute atomic E-state index is 0.737. The zero-order valence-corrected chi connectivity index (χ0v) is 12.2. The first kappa shape index (κ1) is 12.2. The van der Waals surface area contributed by atoms with E-state index in [1.165, 1.54) is 5.56 Å². The van der Waals surface area contributed by atoms with E-state index in [2.05, 4.69) is 25.6 Å². The van der Waals surface area contributed by atoms with Crippen molar-refractivity contribution in [1.29, 1.82) is 0 Å². The van der Waals surface area contributed by atoms with Crippen LogP contribution in [0.3, 0.4) is 0 Å². The number of aromatic amines is 1. The monoisotopic (exact) mass is 276 g/mol. The van der Waals surface area contributed by atoms with Crippen molar-refractivity contribution in [3.8, 4) is 0 Å². The van der Waals surface area contributed by atoms with Gasteiger partial charge in [0.15, 0.2) is 10.8 Å².